The zero-order valence-electron chi connectivity index (χ0n) is 15.9. The lowest BCUT2D eigenvalue weighted by atomic mass is 9.87. The van der Waals surface area contributed by atoms with Crippen LogP contribution in [-0.4, -0.2) is 62.1 Å². The van der Waals surface area contributed by atoms with Crippen LogP contribution in [0.5, 0.6) is 0 Å². The number of piperidine rings is 1. The van der Waals surface area contributed by atoms with Crippen LogP contribution in [0.4, 0.5) is 0 Å². The molecule has 4 heterocycles. The topological polar surface area (TPSA) is 63.5 Å². The molecule has 0 atom stereocenters. The molecule has 0 N–H and O–H groups in total. The summed E-state index contributed by atoms with van der Waals surface area (Å²) < 4.78 is 8.31. The zero-order chi connectivity index (χ0) is 18.7. The second kappa shape index (κ2) is 7.78. The number of nitrogens with zero attached hydrogens (tertiary/aromatic N) is 5. The highest BCUT2D eigenvalue weighted by atomic mass is 16.5. The van der Waals surface area contributed by atoms with Gasteiger partial charge in [0.05, 0.1) is 42.9 Å². The summed E-state index contributed by atoms with van der Waals surface area (Å²) in [6, 6.07) is 5.82. The molecule has 27 heavy (non-hydrogen) atoms. The molecule has 0 unspecified atom stereocenters. The molecular weight excluding hydrogens is 342 g/mol. The van der Waals surface area contributed by atoms with E-state index in [0.717, 1.165) is 38.2 Å². The Morgan fingerprint density at radius 2 is 2.04 bits per heavy atom. The molecule has 4 rings (SSSR count). The highest BCUT2D eigenvalue weighted by Crippen LogP contribution is 2.33. The van der Waals surface area contributed by atoms with Crippen molar-refractivity contribution in [1.82, 2.24) is 24.3 Å². The predicted octanol–water partition coefficient (Wildman–Crippen LogP) is 1.60. The van der Waals surface area contributed by atoms with Crippen molar-refractivity contribution in [3.8, 4) is 0 Å². The molecule has 2 aromatic heterocycles. The number of rotatable bonds is 4. The summed E-state index contributed by atoms with van der Waals surface area (Å²) in [6.45, 7) is 4.58. The SMILES string of the molecule is Cn1cncc1CN1CCC2(CC1)CC(=O)N(Cc1ccccn1)CCO2. The number of hydrogen-bond donors (Lipinski definition) is 0. The molecule has 0 bridgehead atoms. The molecule has 0 saturated carbocycles. The van der Waals surface area contributed by atoms with Crippen molar-refractivity contribution in [2.24, 2.45) is 7.05 Å². The van der Waals surface area contributed by atoms with E-state index in [2.05, 4.69) is 19.4 Å². The fourth-order valence-corrected chi connectivity index (χ4v) is 4.00. The molecule has 0 radical (unpaired) electrons. The summed E-state index contributed by atoms with van der Waals surface area (Å²) in [4.78, 5) is 25.7. The summed E-state index contributed by atoms with van der Waals surface area (Å²) >= 11 is 0. The van der Waals surface area contributed by atoms with Gasteiger partial charge in [-0.15, -0.1) is 0 Å². The van der Waals surface area contributed by atoms with Crippen LogP contribution in [0, 0.1) is 0 Å². The number of likely N-dealkylation sites (tertiary alicyclic amines) is 1. The number of carbonyl (C=O) groups is 1. The van der Waals surface area contributed by atoms with E-state index in [9.17, 15) is 4.79 Å². The molecule has 7 heteroatoms. The number of aromatic nitrogens is 3. The highest BCUT2D eigenvalue weighted by molar-refractivity contribution is 5.77. The van der Waals surface area contributed by atoms with Crippen molar-refractivity contribution in [2.75, 3.05) is 26.2 Å². The van der Waals surface area contributed by atoms with E-state index >= 15 is 0 Å². The molecule has 2 aromatic rings. The maximum Gasteiger partial charge on any atom is 0.225 e. The van der Waals surface area contributed by atoms with Crippen LogP contribution in [0.25, 0.3) is 0 Å². The minimum Gasteiger partial charge on any atom is -0.373 e. The summed E-state index contributed by atoms with van der Waals surface area (Å²) in [6.07, 6.45) is 7.80. The van der Waals surface area contributed by atoms with E-state index < -0.39 is 0 Å². The maximum absolute atomic E-state index is 12.9. The molecule has 0 aromatic carbocycles. The van der Waals surface area contributed by atoms with E-state index in [1.165, 1.54) is 5.69 Å². The van der Waals surface area contributed by atoms with Gasteiger partial charge in [-0.3, -0.25) is 14.7 Å². The van der Waals surface area contributed by atoms with Crippen LogP contribution in [-0.2, 0) is 29.7 Å². The first kappa shape index (κ1) is 18.1. The van der Waals surface area contributed by atoms with Gasteiger partial charge in [0.2, 0.25) is 5.91 Å². The minimum absolute atomic E-state index is 0.179. The summed E-state index contributed by atoms with van der Waals surface area (Å²) in [5, 5.41) is 0. The first-order chi connectivity index (χ1) is 13.1. The van der Waals surface area contributed by atoms with Crippen molar-refractivity contribution < 1.29 is 9.53 Å². The third-order valence-corrected chi connectivity index (χ3v) is 5.74. The Labute approximate surface area is 160 Å². The van der Waals surface area contributed by atoms with E-state index in [4.69, 9.17) is 4.74 Å². The molecule has 1 amide bonds. The largest absolute Gasteiger partial charge is 0.373 e. The molecule has 144 valence electrons. The molecule has 7 nitrogen and oxygen atoms in total. The Kier molecular flexibility index (Phi) is 5.22. The van der Waals surface area contributed by atoms with Crippen LogP contribution in [0.1, 0.15) is 30.7 Å². The Balaban J connectivity index is 1.35. The van der Waals surface area contributed by atoms with Crippen LogP contribution >= 0.6 is 0 Å². The monoisotopic (exact) mass is 369 g/mol. The number of aryl methyl sites for hydroxylation is 1. The standard InChI is InChI=1S/C20H27N5O2/c1-23-16-21-13-18(23)15-24-8-5-20(6-9-24)12-19(26)25(10-11-27-20)14-17-4-2-3-7-22-17/h2-4,7,13,16H,5-6,8-12,14-15H2,1H3. The molecule has 2 fully saturated rings. The summed E-state index contributed by atoms with van der Waals surface area (Å²) in [5.41, 5.74) is 1.83. The average Bonchev–Trinajstić information content (AvgIpc) is 3.01. The van der Waals surface area contributed by atoms with Crippen molar-refractivity contribution in [2.45, 2.75) is 38.0 Å². The number of ether oxygens (including phenoxy) is 1. The van der Waals surface area contributed by atoms with E-state index in [1.54, 1.807) is 6.20 Å². The lowest BCUT2D eigenvalue weighted by Gasteiger charge is -2.40. The van der Waals surface area contributed by atoms with Crippen molar-refractivity contribution in [1.29, 1.82) is 0 Å². The van der Waals surface area contributed by atoms with Crippen LogP contribution in [0.3, 0.4) is 0 Å². The summed E-state index contributed by atoms with van der Waals surface area (Å²) in [7, 11) is 2.02. The fourth-order valence-electron chi connectivity index (χ4n) is 4.00. The van der Waals surface area contributed by atoms with Gasteiger partial charge >= 0.3 is 0 Å². The molecule has 2 aliphatic heterocycles. The van der Waals surface area contributed by atoms with Crippen molar-refractivity contribution in [3.05, 3.63) is 48.3 Å². The molecule has 1 spiro atoms. The van der Waals surface area contributed by atoms with Gasteiger partial charge in [-0.25, -0.2) is 4.98 Å². The average molecular weight is 369 g/mol. The smallest absolute Gasteiger partial charge is 0.225 e. The second-order valence-corrected chi connectivity index (χ2v) is 7.62. The lowest BCUT2D eigenvalue weighted by molar-refractivity contribution is -0.136. The quantitative estimate of drug-likeness (QED) is 0.819. The molecular formula is C20H27N5O2. The Bertz CT molecular complexity index is 768. The first-order valence-electron chi connectivity index (χ1n) is 9.63. The predicted molar refractivity (Wildman–Crippen MR) is 101 cm³/mol. The van der Waals surface area contributed by atoms with Gasteiger partial charge in [0.25, 0.3) is 0 Å². The van der Waals surface area contributed by atoms with Crippen molar-refractivity contribution >= 4 is 5.91 Å². The van der Waals surface area contributed by atoms with Crippen molar-refractivity contribution in [3.63, 3.8) is 0 Å². The fraction of sp³-hybridized carbons (Fsp3) is 0.550. The Morgan fingerprint density at radius 3 is 2.74 bits per heavy atom. The Hall–Kier alpha value is -2.25. The van der Waals surface area contributed by atoms with Gasteiger partial charge in [-0.2, -0.15) is 0 Å². The maximum atomic E-state index is 12.9. The van der Waals surface area contributed by atoms with Crippen LogP contribution in [0.15, 0.2) is 36.9 Å². The van der Waals surface area contributed by atoms with Gasteiger partial charge in [0, 0.05) is 45.6 Å². The van der Waals surface area contributed by atoms with E-state index in [1.807, 2.05) is 42.7 Å². The van der Waals surface area contributed by atoms with Gasteiger partial charge in [-0.1, -0.05) is 6.07 Å². The van der Waals surface area contributed by atoms with Gasteiger partial charge in [-0.05, 0) is 25.0 Å². The Morgan fingerprint density at radius 1 is 1.19 bits per heavy atom. The molecule has 2 saturated heterocycles. The molecule has 0 aliphatic carbocycles. The number of carbonyl (C=O) groups excluding carboxylic acids is 1. The van der Waals surface area contributed by atoms with E-state index in [0.29, 0.717) is 26.1 Å². The number of imidazole rings is 1. The number of hydrogen-bond acceptors (Lipinski definition) is 5. The van der Waals surface area contributed by atoms with Crippen LogP contribution in [0.2, 0.25) is 0 Å². The van der Waals surface area contributed by atoms with Gasteiger partial charge in [0.15, 0.2) is 0 Å². The second-order valence-electron chi connectivity index (χ2n) is 7.62. The lowest BCUT2D eigenvalue weighted by Crippen LogP contribution is -2.47. The van der Waals surface area contributed by atoms with E-state index in [-0.39, 0.29) is 11.5 Å². The summed E-state index contributed by atoms with van der Waals surface area (Å²) in [5.74, 6) is 0.179. The molecule has 2 aliphatic rings. The minimum atomic E-state index is -0.307. The number of amides is 1. The van der Waals surface area contributed by atoms with Crippen LogP contribution < -0.4 is 0 Å². The first-order valence-corrected chi connectivity index (χ1v) is 9.63. The van der Waals surface area contributed by atoms with Gasteiger partial charge < -0.3 is 14.2 Å². The third-order valence-electron chi connectivity index (χ3n) is 5.74. The number of pyridine rings is 1. The zero-order valence-corrected chi connectivity index (χ0v) is 15.9. The normalized spacial score (nSPS) is 20.8. The highest BCUT2D eigenvalue weighted by Gasteiger charge is 2.40. The van der Waals surface area contributed by atoms with Gasteiger partial charge in [0.1, 0.15) is 0 Å². The third kappa shape index (κ3) is 4.20.